The summed E-state index contributed by atoms with van der Waals surface area (Å²) >= 11 is 3.42. The first-order chi connectivity index (χ1) is 13.7. The van der Waals surface area contributed by atoms with Crippen LogP contribution in [0.4, 0.5) is 0 Å². The quantitative estimate of drug-likeness (QED) is 0.732. The molecule has 1 amide bonds. The number of rotatable bonds is 4. The molecule has 2 aromatic rings. The predicted molar refractivity (Wildman–Crippen MR) is 113 cm³/mol. The minimum atomic E-state index is -3.80. The number of hydrogen-bond donors (Lipinski definition) is 1. The minimum Gasteiger partial charge on any atom is -0.507 e. The van der Waals surface area contributed by atoms with E-state index in [1.54, 1.807) is 17.9 Å². The van der Waals surface area contributed by atoms with Crippen molar-refractivity contribution in [3.63, 3.8) is 0 Å². The van der Waals surface area contributed by atoms with Crippen LogP contribution in [-0.4, -0.2) is 54.8 Å². The third-order valence-electron chi connectivity index (χ3n) is 5.82. The van der Waals surface area contributed by atoms with Crippen LogP contribution in [0.5, 0.6) is 5.75 Å². The maximum Gasteiger partial charge on any atom is 0.246 e. The summed E-state index contributed by atoms with van der Waals surface area (Å²) in [5.41, 5.74) is 1.32. The summed E-state index contributed by atoms with van der Waals surface area (Å²) in [5, 5.41) is 10.0. The second-order valence-corrected chi connectivity index (χ2v) is 10.6. The predicted octanol–water partition coefficient (Wildman–Crippen LogP) is 3.03. The molecule has 2 aromatic carbocycles. The lowest BCUT2D eigenvalue weighted by Gasteiger charge is -2.36. The van der Waals surface area contributed by atoms with Gasteiger partial charge >= 0.3 is 0 Å². The van der Waals surface area contributed by atoms with Crippen LogP contribution in [-0.2, 0) is 20.2 Å². The maximum absolute atomic E-state index is 13.2. The Morgan fingerprint density at radius 3 is 2.24 bits per heavy atom. The fourth-order valence-electron chi connectivity index (χ4n) is 3.92. The summed E-state index contributed by atoms with van der Waals surface area (Å²) in [6, 6.07) is 12.4. The number of phenolic OH excluding ortho intramolecular Hbond substituents is 1. The van der Waals surface area contributed by atoms with Gasteiger partial charge in [-0.3, -0.25) is 4.79 Å². The molecule has 0 aromatic heterocycles. The molecule has 154 valence electrons. The number of hydrogen-bond acceptors (Lipinski definition) is 4. The number of halogens is 1. The lowest BCUT2D eigenvalue weighted by molar-refractivity contribution is -0.135. The molecule has 0 spiro atoms. The number of carbonyl (C=O) groups is 1. The summed E-state index contributed by atoms with van der Waals surface area (Å²) in [5.74, 6) is -0.170. The first-order valence-corrected chi connectivity index (χ1v) is 11.8. The minimum absolute atomic E-state index is 0.0780. The monoisotopic (exact) mass is 478 g/mol. The van der Waals surface area contributed by atoms with Crippen molar-refractivity contribution in [3.05, 3.63) is 58.1 Å². The fourth-order valence-corrected chi connectivity index (χ4v) is 5.77. The molecule has 4 rings (SSSR count). The van der Waals surface area contributed by atoms with Gasteiger partial charge in [0.15, 0.2) is 0 Å². The Kier molecular flexibility index (Phi) is 5.21. The molecule has 0 unspecified atom stereocenters. The van der Waals surface area contributed by atoms with Crippen molar-refractivity contribution >= 4 is 31.9 Å². The zero-order chi connectivity index (χ0) is 20.8. The summed E-state index contributed by atoms with van der Waals surface area (Å²) in [6.07, 6.45) is 1.65. The van der Waals surface area contributed by atoms with E-state index in [9.17, 15) is 18.3 Å². The Balaban J connectivity index is 1.47. The van der Waals surface area contributed by atoms with Gasteiger partial charge in [-0.15, -0.1) is 0 Å². The summed E-state index contributed by atoms with van der Waals surface area (Å²) in [7, 11) is -3.80. The molecule has 1 aliphatic heterocycles. The van der Waals surface area contributed by atoms with E-state index in [0.717, 1.165) is 28.4 Å². The average Bonchev–Trinajstić information content (AvgIpc) is 3.52. The van der Waals surface area contributed by atoms with Gasteiger partial charge < -0.3 is 10.0 Å². The van der Waals surface area contributed by atoms with E-state index in [2.05, 4.69) is 15.9 Å². The highest BCUT2D eigenvalue weighted by atomic mass is 79.9. The van der Waals surface area contributed by atoms with Crippen molar-refractivity contribution < 1.29 is 18.3 Å². The molecular weight excluding hydrogens is 456 g/mol. The van der Waals surface area contributed by atoms with Crippen LogP contribution < -0.4 is 0 Å². The second-order valence-electron chi connectivity index (χ2n) is 7.76. The van der Waals surface area contributed by atoms with E-state index in [-0.39, 0.29) is 29.6 Å². The van der Waals surface area contributed by atoms with Crippen LogP contribution in [0.15, 0.2) is 51.8 Å². The van der Waals surface area contributed by atoms with Crippen molar-refractivity contribution in [2.24, 2.45) is 0 Å². The van der Waals surface area contributed by atoms with E-state index < -0.39 is 15.4 Å². The SMILES string of the molecule is Cc1ccc(O)c(S(=O)(=O)N2CCN(C(=O)C3(c4ccc(Br)cc4)CC3)CC2)c1. The second kappa shape index (κ2) is 7.41. The summed E-state index contributed by atoms with van der Waals surface area (Å²) in [6.45, 7) is 2.92. The van der Waals surface area contributed by atoms with Crippen LogP contribution in [0.3, 0.4) is 0 Å². The van der Waals surface area contributed by atoms with Crippen molar-refractivity contribution in [2.45, 2.75) is 30.1 Å². The molecular formula is C21H23BrN2O4S. The first-order valence-electron chi connectivity index (χ1n) is 9.59. The molecule has 8 heteroatoms. The number of nitrogens with zero attached hydrogens (tertiary/aromatic N) is 2. The number of piperazine rings is 1. The Morgan fingerprint density at radius 1 is 1.03 bits per heavy atom. The van der Waals surface area contributed by atoms with Gasteiger partial charge in [-0.1, -0.05) is 34.1 Å². The zero-order valence-corrected chi connectivity index (χ0v) is 18.5. The molecule has 1 N–H and O–H groups in total. The summed E-state index contributed by atoms with van der Waals surface area (Å²) in [4.78, 5) is 14.9. The molecule has 0 atom stereocenters. The fraction of sp³-hybridized carbons (Fsp3) is 0.381. The Morgan fingerprint density at radius 2 is 1.66 bits per heavy atom. The number of benzene rings is 2. The van der Waals surface area contributed by atoms with Crippen molar-refractivity contribution in [1.82, 2.24) is 9.21 Å². The van der Waals surface area contributed by atoms with E-state index >= 15 is 0 Å². The molecule has 0 bridgehead atoms. The van der Waals surface area contributed by atoms with Gasteiger partial charge in [-0.2, -0.15) is 4.31 Å². The van der Waals surface area contributed by atoms with Gasteiger partial charge in [0, 0.05) is 30.7 Å². The Labute approximate surface area is 179 Å². The molecule has 0 radical (unpaired) electrons. The number of amides is 1. The number of carbonyl (C=O) groups excluding carboxylic acids is 1. The maximum atomic E-state index is 13.2. The van der Waals surface area contributed by atoms with Gasteiger partial charge in [-0.05, 0) is 55.2 Å². The highest BCUT2D eigenvalue weighted by Crippen LogP contribution is 2.50. The largest absolute Gasteiger partial charge is 0.507 e. The lowest BCUT2D eigenvalue weighted by atomic mass is 9.94. The van der Waals surface area contributed by atoms with Gasteiger partial charge in [0.1, 0.15) is 10.6 Å². The van der Waals surface area contributed by atoms with E-state index in [1.165, 1.54) is 16.4 Å². The van der Waals surface area contributed by atoms with Crippen LogP contribution in [0.2, 0.25) is 0 Å². The lowest BCUT2D eigenvalue weighted by Crippen LogP contribution is -2.52. The van der Waals surface area contributed by atoms with Crippen LogP contribution >= 0.6 is 15.9 Å². The molecule has 1 saturated heterocycles. The summed E-state index contributed by atoms with van der Waals surface area (Å²) < 4.78 is 28.2. The van der Waals surface area contributed by atoms with Crippen molar-refractivity contribution in [1.29, 1.82) is 0 Å². The van der Waals surface area contributed by atoms with Crippen LogP contribution in [0.25, 0.3) is 0 Å². The smallest absolute Gasteiger partial charge is 0.246 e. The third kappa shape index (κ3) is 3.69. The number of sulfonamides is 1. The first kappa shape index (κ1) is 20.4. The average molecular weight is 479 g/mol. The molecule has 6 nitrogen and oxygen atoms in total. The van der Waals surface area contributed by atoms with Crippen molar-refractivity contribution in [3.8, 4) is 5.75 Å². The molecule has 1 heterocycles. The van der Waals surface area contributed by atoms with Crippen LogP contribution in [0, 0.1) is 6.92 Å². The van der Waals surface area contributed by atoms with E-state index in [0.29, 0.717) is 13.1 Å². The topological polar surface area (TPSA) is 77.9 Å². The standard InChI is InChI=1S/C21H23BrN2O4S/c1-15-2-7-18(25)19(14-15)29(27,28)24-12-10-23(11-13-24)20(26)21(8-9-21)16-3-5-17(22)6-4-16/h2-7,14,25H,8-13H2,1H3. The highest BCUT2D eigenvalue weighted by Gasteiger charge is 2.53. The molecule has 1 aliphatic carbocycles. The molecule has 2 aliphatic rings. The Bertz CT molecular complexity index is 1040. The number of phenols is 1. The molecule has 2 fully saturated rings. The molecule has 1 saturated carbocycles. The van der Waals surface area contributed by atoms with Gasteiger partial charge in [-0.25, -0.2) is 8.42 Å². The van der Waals surface area contributed by atoms with E-state index in [4.69, 9.17) is 0 Å². The van der Waals surface area contributed by atoms with Gasteiger partial charge in [0.25, 0.3) is 0 Å². The normalized spacial score (nSPS) is 19.2. The number of aromatic hydroxyl groups is 1. The van der Waals surface area contributed by atoms with Crippen LogP contribution in [0.1, 0.15) is 24.0 Å². The molecule has 29 heavy (non-hydrogen) atoms. The zero-order valence-electron chi connectivity index (χ0n) is 16.1. The highest BCUT2D eigenvalue weighted by molar-refractivity contribution is 9.10. The number of aryl methyl sites for hydroxylation is 1. The Hall–Kier alpha value is -1.90. The van der Waals surface area contributed by atoms with Gasteiger partial charge in [0.2, 0.25) is 15.9 Å². The van der Waals surface area contributed by atoms with Gasteiger partial charge in [0.05, 0.1) is 5.41 Å². The van der Waals surface area contributed by atoms with E-state index in [1.807, 2.05) is 24.3 Å². The third-order valence-corrected chi connectivity index (χ3v) is 8.27. The van der Waals surface area contributed by atoms with Crippen molar-refractivity contribution in [2.75, 3.05) is 26.2 Å².